The molecule has 1 fully saturated rings. The highest BCUT2D eigenvalue weighted by Gasteiger charge is 2.15. The summed E-state index contributed by atoms with van der Waals surface area (Å²) in [5, 5.41) is 0. The molecule has 3 nitrogen and oxygen atoms in total. The number of carbonyl (C=O) groups is 1. The first-order chi connectivity index (χ1) is 11.2. The predicted octanol–water partition coefficient (Wildman–Crippen LogP) is 3.78. The van der Waals surface area contributed by atoms with Crippen molar-refractivity contribution in [3.8, 4) is 0 Å². The molecular formula is C20H24ClNO2. The van der Waals surface area contributed by atoms with Gasteiger partial charge < -0.3 is 4.74 Å². The Morgan fingerprint density at radius 3 is 2.21 bits per heavy atom. The lowest BCUT2D eigenvalue weighted by atomic mass is 9.96. The smallest absolute Gasteiger partial charge is 0.193 e. The van der Waals surface area contributed by atoms with E-state index in [1.807, 2.05) is 42.5 Å². The van der Waals surface area contributed by atoms with Crippen LogP contribution in [0, 0.1) is 0 Å². The summed E-state index contributed by atoms with van der Waals surface area (Å²) in [6.45, 7) is 6.96. The molecule has 1 unspecified atom stereocenters. The molecule has 2 aromatic rings. The summed E-state index contributed by atoms with van der Waals surface area (Å²) in [7, 11) is 0. The summed E-state index contributed by atoms with van der Waals surface area (Å²) in [4.78, 5) is 14.9. The van der Waals surface area contributed by atoms with E-state index in [9.17, 15) is 4.79 Å². The van der Waals surface area contributed by atoms with E-state index >= 15 is 0 Å². The first kappa shape index (κ1) is 18.7. The van der Waals surface area contributed by atoms with Gasteiger partial charge in [-0.3, -0.25) is 9.69 Å². The minimum atomic E-state index is 0. The summed E-state index contributed by atoms with van der Waals surface area (Å²) in [5.74, 6) is 0.534. The maximum Gasteiger partial charge on any atom is 0.193 e. The van der Waals surface area contributed by atoms with Gasteiger partial charge in [0.05, 0.1) is 13.2 Å². The van der Waals surface area contributed by atoms with Gasteiger partial charge in [-0.1, -0.05) is 61.5 Å². The van der Waals surface area contributed by atoms with Crippen LogP contribution in [-0.2, 0) is 4.74 Å². The molecule has 0 aromatic heterocycles. The average Bonchev–Trinajstić information content (AvgIpc) is 2.63. The number of rotatable bonds is 5. The van der Waals surface area contributed by atoms with Crippen LogP contribution in [0.1, 0.15) is 34.3 Å². The summed E-state index contributed by atoms with van der Waals surface area (Å²) in [6, 6.07) is 17.5. The topological polar surface area (TPSA) is 29.5 Å². The molecule has 1 saturated heterocycles. The van der Waals surface area contributed by atoms with Crippen molar-refractivity contribution in [3.63, 3.8) is 0 Å². The Hall–Kier alpha value is -1.68. The van der Waals surface area contributed by atoms with Crippen molar-refractivity contribution in [2.24, 2.45) is 0 Å². The first-order valence-corrected chi connectivity index (χ1v) is 8.24. The van der Waals surface area contributed by atoms with Crippen LogP contribution >= 0.6 is 12.4 Å². The van der Waals surface area contributed by atoms with Crippen LogP contribution in [0.25, 0.3) is 0 Å². The normalized spacial score (nSPS) is 16.2. The van der Waals surface area contributed by atoms with Crippen molar-refractivity contribution in [1.29, 1.82) is 0 Å². The highest BCUT2D eigenvalue weighted by Crippen LogP contribution is 2.19. The number of ether oxygens (including phenoxy) is 1. The molecule has 1 aliphatic rings. The van der Waals surface area contributed by atoms with Crippen LogP contribution in [-0.4, -0.2) is 43.5 Å². The van der Waals surface area contributed by atoms with Crippen LogP contribution in [0.15, 0.2) is 54.6 Å². The Balaban J connectivity index is 0.00000208. The van der Waals surface area contributed by atoms with Gasteiger partial charge in [0.25, 0.3) is 0 Å². The van der Waals surface area contributed by atoms with E-state index in [0.717, 1.165) is 44.0 Å². The van der Waals surface area contributed by atoms with Gasteiger partial charge in [-0.25, -0.2) is 0 Å². The lowest BCUT2D eigenvalue weighted by Crippen LogP contribution is -2.38. The van der Waals surface area contributed by atoms with E-state index in [-0.39, 0.29) is 18.2 Å². The van der Waals surface area contributed by atoms with Gasteiger partial charge in [-0.15, -0.1) is 12.4 Å². The standard InChI is InChI=1S/C20H23NO2.ClH/c1-16(15-21-11-13-23-14-12-21)17-7-9-19(10-8-17)20(22)18-5-3-2-4-6-18;/h2-10,16H,11-15H2,1H3;1H. The number of hydrogen-bond donors (Lipinski definition) is 0. The fourth-order valence-corrected chi connectivity index (χ4v) is 3.00. The van der Waals surface area contributed by atoms with Gasteiger partial charge in [0.2, 0.25) is 0 Å². The molecule has 24 heavy (non-hydrogen) atoms. The minimum absolute atomic E-state index is 0. The molecule has 0 N–H and O–H groups in total. The van der Waals surface area contributed by atoms with Gasteiger partial charge in [0, 0.05) is 30.8 Å². The number of halogens is 1. The van der Waals surface area contributed by atoms with Crippen LogP contribution in [0.2, 0.25) is 0 Å². The van der Waals surface area contributed by atoms with E-state index in [0.29, 0.717) is 5.92 Å². The number of benzene rings is 2. The maximum atomic E-state index is 12.4. The van der Waals surface area contributed by atoms with E-state index in [2.05, 4.69) is 24.0 Å². The van der Waals surface area contributed by atoms with Gasteiger partial charge in [0.15, 0.2) is 5.78 Å². The van der Waals surface area contributed by atoms with Crippen LogP contribution in [0.3, 0.4) is 0 Å². The van der Waals surface area contributed by atoms with Crippen molar-refractivity contribution >= 4 is 18.2 Å². The number of morpholine rings is 1. The van der Waals surface area contributed by atoms with Crippen LogP contribution < -0.4 is 0 Å². The largest absolute Gasteiger partial charge is 0.379 e. The average molecular weight is 346 g/mol. The zero-order chi connectivity index (χ0) is 16.1. The van der Waals surface area contributed by atoms with Crippen LogP contribution in [0.5, 0.6) is 0 Å². The summed E-state index contributed by atoms with van der Waals surface area (Å²) in [6.07, 6.45) is 0. The van der Waals surface area contributed by atoms with Gasteiger partial charge >= 0.3 is 0 Å². The Morgan fingerprint density at radius 2 is 1.58 bits per heavy atom. The van der Waals surface area contributed by atoms with Crippen molar-refractivity contribution in [2.75, 3.05) is 32.8 Å². The molecule has 2 aromatic carbocycles. The number of nitrogens with zero attached hydrogens (tertiary/aromatic N) is 1. The Kier molecular flexibility index (Phi) is 6.98. The molecule has 0 bridgehead atoms. The second-order valence-corrected chi connectivity index (χ2v) is 6.13. The SMILES string of the molecule is CC(CN1CCOCC1)c1ccc(C(=O)c2ccccc2)cc1.Cl. The number of hydrogen-bond acceptors (Lipinski definition) is 3. The van der Waals surface area contributed by atoms with Gasteiger partial charge in [-0.2, -0.15) is 0 Å². The highest BCUT2D eigenvalue weighted by atomic mass is 35.5. The van der Waals surface area contributed by atoms with Crippen LogP contribution in [0.4, 0.5) is 0 Å². The summed E-state index contributed by atoms with van der Waals surface area (Å²) < 4.78 is 5.39. The summed E-state index contributed by atoms with van der Waals surface area (Å²) in [5.41, 5.74) is 2.77. The van der Waals surface area contributed by atoms with E-state index in [1.165, 1.54) is 5.56 Å². The minimum Gasteiger partial charge on any atom is -0.379 e. The van der Waals surface area contributed by atoms with Gasteiger partial charge in [-0.05, 0) is 11.5 Å². The monoisotopic (exact) mass is 345 g/mol. The second-order valence-electron chi connectivity index (χ2n) is 6.13. The Labute approximate surface area is 150 Å². The predicted molar refractivity (Wildman–Crippen MR) is 99.2 cm³/mol. The van der Waals surface area contributed by atoms with Crippen molar-refractivity contribution in [2.45, 2.75) is 12.8 Å². The highest BCUT2D eigenvalue weighted by molar-refractivity contribution is 6.08. The molecule has 3 rings (SSSR count). The van der Waals surface area contributed by atoms with Gasteiger partial charge in [0.1, 0.15) is 0 Å². The third-order valence-corrected chi connectivity index (χ3v) is 4.41. The first-order valence-electron chi connectivity index (χ1n) is 8.24. The number of carbonyl (C=O) groups excluding carboxylic acids is 1. The zero-order valence-corrected chi connectivity index (χ0v) is 14.8. The molecule has 1 heterocycles. The molecule has 1 atom stereocenters. The maximum absolute atomic E-state index is 12.4. The molecule has 128 valence electrons. The van der Waals surface area contributed by atoms with Crippen molar-refractivity contribution in [3.05, 3.63) is 71.3 Å². The molecule has 0 radical (unpaired) electrons. The number of ketones is 1. The van der Waals surface area contributed by atoms with E-state index in [4.69, 9.17) is 4.74 Å². The zero-order valence-electron chi connectivity index (χ0n) is 14.0. The summed E-state index contributed by atoms with van der Waals surface area (Å²) >= 11 is 0. The van der Waals surface area contributed by atoms with Crippen molar-refractivity contribution < 1.29 is 9.53 Å². The fraction of sp³-hybridized carbons (Fsp3) is 0.350. The molecule has 0 spiro atoms. The Bertz CT molecular complexity index is 636. The Morgan fingerprint density at radius 1 is 1.00 bits per heavy atom. The fourth-order valence-electron chi connectivity index (χ4n) is 3.00. The molecular weight excluding hydrogens is 322 g/mol. The molecule has 4 heteroatoms. The van der Waals surface area contributed by atoms with Crippen molar-refractivity contribution in [1.82, 2.24) is 4.90 Å². The molecule has 0 aliphatic carbocycles. The quantitative estimate of drug-likeness (QED) is 0.772. The molecule has 0 saturated carbocycles. The lowest BCUT2D eigenvalue weighted by molar-refractivity contribution is 0.0357. The molecule has 1 aliphatic heterocycles. The second kappa shape index (κ2) is 8.97. The third kappa shape index (κ3) is 4.67. The lowest BCUT2D eigenvalue weighted by Gasteiger charge is -2.29. The molecule has 0 amide bonds. The third-order valence-electron chi connectivity index (χ3n) is 4.41. The van der Waals surface area contributed by atoms with E-state index in [1.54, 1.807) is 0 Å². The van der Waals surface area contributed by atoms with E-state index < -0.39 is 0 Å².